The van der Waals surface area contributed by atoms with Gasteiger partial charge in [0.05, 0.1) is 0 Å². The Morgan fingerprint density at radius 1 is 1.28 bits per heavy atom. The summed E-state index contributed by atoms with van der Waals surface area (Å²) >= 11 is 0. The van der Waals surface area contributed by atoms with Crippen molar-refractivity contribution < 1.29 is 9.53 Å². The van der Waals surface area contributed by atoms with Gasteiger partial charge in [0.25, 0.3) is 0 Å². The molecule has 1 heterocycles. The Hall–Kier alpha value is -2.08. The topological polar surface area (TPSA) is 66.0 Å². The molecular weight excluding hydrogens is 316 g/mol. The number of anilines is 1. The fourth-order valence-electron chi connectivity index (χ4n) is 2.92. The van der Waals surface area contributed by atoms with E-state index in [1.54, 1.807) is 7.11 Å². The number of rotatable bonds is 9. The highest BCUT2D eigenvalue weighted by Crippen LogP contribution is 2.27. The molecule has 0 saturated carbocycles. The number of amides is 1. The largest absolute Gasteiger partial charge is 0.385 e. The van der Waals surface area contributed by atoms with Crippen LogP contribution in [0.5, 0.6) is 0 Å². The molecule has 25 heavy (non-hydrogen) atoms. The predicted octanol–water partition coefficient (Wildman–Crippen LogP) is 1.95. The molecule has 0 aromatic heterocycles. The van der Waals surface area contributed by atoms with Crippen LogP contribution >= 0.6 is 0 Å². The first kappa shape index (κ1) is 19.2. The number of aliphatic imine (C=N–C) groups is 1. The molecule has 138 valence electrons. The lowest BCUT2D eigenvalue weighted by atomic mass is 10.2. The van der Waals surface area contributed by atoms with Crippen LogP contribution in [0.2, 0.25) is 0 Å². The monoisotopic (exact) mass is 346 g/mol. The van der Waals surface area contributed by atoms with Crippen LogP contribution in [-0.2, 0) is 16.0 Å². The van der Waals surface area contributed by atoms with Gasteiger partial charge < -0.3 is 20.3 Å². The predicted molar refractivity (Wildman–Crippen MR) is 102 cm³/mol. The van der Waals surface area contributed by atoms with Gasteiger partial charge in [-0.15, -0.1) is 0 Å². The zero-order chi connectivity index (χ0) is 17.9. The van der Waals surface area contributed by atoms with E-state index in [9.17, 15) is 4.79 Å². The lowest BCUT2D eigenvalue weighted by molar-refractivity contribution is -0.118. The highest BCUT2D eigenvalue weighted by Gasteiger charge is 2.23. The molecule has 0 aliphatic carbocycles. The first-order valence-electron chi connectivity index (χ1n) is 9.15. The number of ether oxygens (including phenoxy) is 1. The molecule has 2 N–H and O–H groups in total. The van der Waals surface area contributed by atoms with Gasteiger partial charge in [-0.1, -0.05) is 18.2 Å². The van der Waals surface area contributed by atoms with Crippen LogP contribution in [-0.4, -0.2) is 51.8 Å². The summed E-state index contributed by atoms with van der Waals surface area (Å²) < 4.78 is 5.04. The van der Waals surface area contributed by atoms with Gasteiger partial charge in [-0.2, -0.15) is 0 Å². The summed E-state index contributed by atoms with van der Waals surface area (Å²) in [5.41, 5.74) is 2.34. The number of hydrogen-bond donors (Lipinski definition) is 2. The van der Waals surface area contributed by atoms with E-state index in [0.29, 0.717) is 13.0 Å². The van der Waals surface area contributed by atoms with Crippen molar-refractivity contribution in [3.8, 4) is 0 Å². The zero-order valence-corrected chi connectivity index (χ0v) is 15.4. The molecule has 1 aromatic carbocycles. The van der Waals surface area contributed by atoms with Crippen molar-refractivity contribution in [2.24, 2.45) is 4.99 Å². The Bertz CT molecular complexity index is 574. The van der Waals surface area contributed by atoms with Gasteiger partial charge in [-0.25, -0.2) is 0 Å². The smallest absolute Gasteiger partial charge is 0.227 e. The summed E-state index contributed by atoms with van der Waals surface area (Å²) in [6.07, 6.45) is 3.18. The number of hydrogen-bond acceptors (Lipinski definition) is 3. The van der Waals surface area contributed by atoms with Crippen LogP contribution in [0.1, 0.15) is 31.7 Å². The average molecular weight is 346 g/mol. The van der Waals surface area contributed by atoms with Crippen LogP contribution in [0.3, 0.4) is 0 Å². The van der Waals surface area contributed by atoms with Crippen molar-refractivity contribution in [2.75, 3.05) is 44.8 Å². The van der Waals surface area contributed by atoms with Gasteiger partial charge in [0, 0.05) is 52.0 Å². The van der Waals surface area contributed by atoms with E-state index in [0.717, 1.165) is 57.2 Å². The third kappa shape index (κ3) is 6.05. The van der Waals surface area contributed by atoms with Crippen LogP contribution < -0.4 is 15.5 Å². The SMILES string of the molecule is CCNC(=NCCCC(=O)N1CCc2ccccc21)NCCCOC. The summed E-state index contributed by atoms with van der Waals surface area (Å²) in [7, 11) is 1.70. The molecular formula is C19H30N4O2. The highest BCUT2D eigenvalue weighted by molar-refractivity contribution is 5.95. The molecule has 2 rings (SSSR count). The second-order valence-corrected chi connectivity index (χ2v) is 6.06. The third-order valence-electron chi connectivity index (χ3n) is 4.17. The van der Waals surface area contributed by atoms with E-state index in [2.05, 4.69) is 21.7 Å². The van der Waals surface area contributed by atoms with Crippen LogP contribution in [0, 0.1) is 0 Å². The highest BCUT2D eigenvalue weighted by atomic mass is 16.5. The van der Waals surface area contributed by atoms with Gasteiger partial charge in [0.1, 0.15) is 0 Å². The molecule has 6 heteroatoms. The fourth-order valence-corrected chi connectivity index (χ4v) is 2.92. The molecule has 0 radical (unpaired) electrons. The molecule has 0 bridgehead atoms. The molecule has 1 aliphatic heterocycles. The van der Waals surface area contributed by atoms with E-state index in [1.165, 1.54) is 5.56 Å². The second kappa shape index (κ2) is 10.7. The first-order chi connectivity index (χ1) is 12.3. The summed E-state index contributed by atoms with van der Waals surface area (Å²) in [4.78, 5) is 18.9. The maximum atomic E-state index is 12.5. The molecule has 0 spiro atoms. The lowest BCUT2D eigenvalue weighted by Gasteiger charge is -2.17. The van der Waals surface area contributed by atoms with Crippen LogP contribution in [0.4, 0.5) is 5.69 Å². The molecule has 0 saturated heterocycles. The number of benzene rings is 1. The minimum Gasteiger partial charge on any atom is -0.385 e. The average Bonchev–Trinajstić information content (AvgIpc) is 3.06. The Labute approximate surface area is 150 Å². The van der Waals surface area contributed by atoms with Crippen molar-refractivity contribution in [1.82, 2.24) is 10.6 Å². The lowest BCUT2D eigenvalue weighted by Crippen LogP contribution is -2.38. The molecule has 1 amide bonds. The van der Waals surface area contributed by atoms with E-state index in [-0.39, 0.29) is 5.91 Å². The van der Waals surface area contributed by atoms with Gasteiger partial charge in [0.15, 0.2) is 5.96 Å². The number of para-hydroxylation sites is 1. The minimum absolute atomic E-state index is 0.193. The number of guanidine groups is 1. The Kier molecular flexibility index (Phi) is 8.25. The maximum absolute atomic E-state index is 12.5. The summed E-state index contributed by atoms with van der Waals surface area (Å²) in [5, 5.41) is 6.49. The molecule has 1 aromatic rings. The summed E-state index contributed by atoms with van der Waals surface area (Å²) in [6, 6.07) is 8.16. The molecule has 0 unspecified atom stereocenters. The van der Waals surface area contributed by atoms with E-state index in [1.807, 2.05) is 30.0 Å². The summed E-state index contributed by atoms with van der Waals surface area (Å²) in [6.45, 7) is 5.85. The quantitative estimate of drug-likeness (QED) is 0.407. The fraction of sp³-hybridized carbons (Fsp3) is 0.579. The van der Waals surface area contributed by atoms with Crippen molar-refractivity contribution >= 4 is 17.6 Å². The minimum atomic E-state index is 0.193. The molecule has 1 aliphatic rings. The Morgan fingerprint density at radius 3 is 2.92 bits per heavy atom. The number of nitrogens with zero attached hydrogens (tertiary/aromatic N) is 2. The van der Waals surface area contributed by atoms with E-state index in [4.69, 9.17) is 4.74 Å². The van der Waals surface area contributed by atoms with Gasteiger partial charge >= 0.3 is 0 Å². The normalized spacial score (nSPS) is 13.7. The summed E-state index contributed by atoms with van der Waals surface area (Å²) in [5.74, 6) is 0.996. The number of methoxy groups -OCH3 is 1. The standard InChI is InChI=1S/C19H30N4O2/c1-3-20-19(22-13-7-15-25-2)21-12-6-10-18(24)23-14-11-16-8-4-5-9-17(16)23/h4-5,8-9H,3,6-7,10-15H2,1-2H3,(H2,20,21,22). The first-order valence-corrected chi connectivity index (χ1v) is 9.15. The van der Waals surface area contributed by atoms with Crippen molar-refractivity contribution in [3.05, 3.63) is 29.8 Å². The zero-order valence-electron chi connectivity index (χ0n) is 15.4. The Morgan fingerprint density at radius 2 is 2.12 bits per heavy atom. The van der Waals surface area contributed by atoms with Crippen molar-refractivity contribution in [3.63, 3.8) is 0 Å². The van der Waals surface area contributed by atoms with Crippen molar-refractivity contribution in [2.45, 2.75) is 32.6 Å². The van der Waals surface area contributed by atoms with E-state index < -0.39 is 0 Å². The third-order valence-corrected chi connectivity index (χ3v) is 4.17. The molecule has 6 nitrogen and oxygen atoms in total. The Balaban J connectivity index is 1.74. The maximum Gasteiger partial charge on any atom is 0.227 e. The molecule has 0 atom stereocenters. The van der Waals surface area contributed by atoms with Gasteiger partial charge in [-0.3, -0.25) is 9.79 Å². The van der Waals surface area contributed by atoms with Gasteiger partial charge in [-0.05, 0) is 37.8 Å². The number of carbonyl (C=O) groups is 1. The number of fused-ring (bicyclic) bond motifs is 1. The number of carbonyl (C=O) groups excluding carboxylic acids is 1. The second-order valence-electron chi connectivity index (χ2n) is 6.06. The van der Waals surface area contributed by atoms with Gasteiger partial charge in [0.2, 0.25) is 5.91 Å². The van der Waals surface area contributed by atoms with E-state index >= 15 is 0 Å². The van der Waals surface area contributed by atoms with Crippen LogP contribution in [0.15, 0.2) is 29.3 Å². The van der Waals surface area contributed by atoms with Crippen molar-refractivity contribution in [1.29, 1.82) is 0 Å². The molecule has 0 fully saturated rings. The van der Waals surface area contributed by atoms with Crippen LogP contribution in [0.25, 0.3) is 0 Å². The number of nitrogens with one attached hydrogen (secondary N) is 2.